The smallest absolute Gasteiger partial charge is 0.339 e. The molecule has 0 aliphatic carbocycles. The highest BCUT2D eigenvalue weighted by atomic mass is 32.2. The van der Waals surface area contributed by atoms with E-state index in [1.807, 2.05) is 0 Å². The number of anilines is 2. The molecule has 0 aliphatic heterocycles. The highest BCUT2D eigenvalue weighted by Crippen LogP contribution is 2.27. The van der Waals surface area contributed by atoms with Gasteiger partial charge in [-0.2, -0.15) is 0 Å². The van der Waals surface area contributed by atoms with Crippen molar-refractivity contribution in [2.24, 2.45) is 0 Å². The van der Waals surface area contributed by atoms with E-state index in [4.69, 9.17) is 14.2 Å². The van der Waals surface area contributed by atoms with Crippen LogP contribution in [0.15, 0.2) is 108 Å². The molecule has 0 fully saturated rings. The van der Waals surface area contributed by atoms with E-state index in [-0.39, 0.29) is 22.9 Å². The van der Waals surface area contributed by atoms with Crippen LogP contribution in [0.4, 0.5) is 11.4 Å². The quantitative estimate of drug-likeness (QED) is 0.105. The Hall–Kier alpha value is -5.55. The summed E-state index contributed by atoms with van der Waals surface area (Å²) in [4.78, 5) is 51.7. The van der Waals surface area contributed by atoms with Gasteiger partial charge < -0.3 is 30.2 Å². The number of nitrogens with one attached hydrogen (secondary N) is 3. The van der Waals surface area contributed by atoms with E-state index in [1.54, 1.807) is 97.1 Å². The Bertz CT molecular complexity index is 1710. The fourth-order valence-electron chi connectivity index (χ4n) is 4.10. The molecule has 4 aromatic rings. The molecule has 3 N–H and O–H groups in total. The standard InChI is InChI=1S/C34H31N3O7S/c1-42-25-15-18-30(43-2)23(19-25)20-29(37-32(39)22-9-5-4-6-10-22)33(40)35-24-13-16-26(17-14-24)45-21-31(38)36-28-12-8-7-11-27(28)34(41)44-3/h4-20H,21H2,1-3H3,(H,35,40)(H,36,38)(H,37,39)/b29-20-. The molecule has 45 heavy (non-hydrogen) atoms. The van der Waals surface area contributed by atoms with Crippen molar-refractivity contribution in [1.29, 1.82) is 0 Å². The maximum Gasteiger partial charge on any atom is 0.339 e. The molecule has 4 aromatic carbocycles. The van der Waals surface area contributed by atoms with Crippen LogP contribution in [0, 0.1) is 0 Å². The SMILES string of the molecule is COC(=O)c1ccccc1NC(=O)CSc1ccc(NC(=O)/C(=C/c2cc(OC)ccc2OC)NC(=O)c2ccccc2)cc1. The Morgan fingerprint density at radius 3 is 2.18 bits per heavy atom. The van der Waals surface area contributed by atoms with E-state index in [0.717, 1.165) is 4.90 Å². The lowest BCUT2D eigenvalue weighted by molar-refractivity contribution is -0.114. The van der Waals surface area contributed by atoms with Gasteiger partial charge in [0.25, 0.3) is 11.8 Å². The fourth-order valence-corrected chi connectivity index (χ4v) is 4.80. The van der Waals surface area contributed by atoms with Gasteiger partial charge in [0.2, 0.25) is 5.91 Å². The summed E-state index contributed by atoms with van der Waals surface area (Å²) >= 11 is 1.28. The normalized spacial score (nSPS) is 10.8. The van der Waals surface area contributed by atoms with Crippen molar-refractivity contribution >= 4 is 52.9 Å². The zero-order valence-electron chi connectivity index (χ0n) is 24.8. The number of para-hydroxylation sites is 1. The monoisotopic (exact) mass is 625 g/mol. The number of thioether (sulfide) groups is 1. The molecule has 0 heterocycles. The molecule has 0 unspecified atom stereocenters. The molecule has 0 saturated heterocycles. The van der Waals surface area contributed by atoms with Gasteiger partial charge in [0.05, 0.1) is 38.3 Å². The van der Waals surface area contributed by atoms with Crippen LogP contribution < -0.4 is 25.4 Å². The largest absolute Gasteiger partial charge is 0.497 e. The number of methoxy groups -OCH3 is 3. The minimum absolute atomic E-state index is 0.0160. The van der Waals surface area contributed by atoms with E-state index >= 15 is 0 Å². The zero-order valence-corrected chi connectivity index (χ0v) is 25.6. The Morgan fingerprint density at radius 2 is 1.49 bits per heavy atom. The average Bonchev–Trinajstić information content (AvgIpc) is 3.07. The lowest BCUT2D eigenvalue weighted by Gasteiger charge is -2.13. The van der Waals surface area contributed by atoms with E-state index in [2.05, 4.69) is 16.0 Å². The van der Waals surface area contributed by atoms with Crippen molar-refractivity contribution < 1.29 is 33.4 Å². The third-order valence-corrected chi connectivity index (χ3v) is 7.37. The average molecular weight is 626 g/mol. The lowest BCUT2D eigenvalue weighted by atomic mass is 10.1. The molecule has 0 aromatic heterocycles. The Balaban J connectivity index is 1.46. The number of hydrogen-bond donors (Lipinski definition) is 3. The molecule has 3 amide bonds. The van der Waals surface area contributed by atoms with Crippen molar-refractivity contribution in [1.82, 2.24) is 5.32 Å². The van der Waals surface area contributed by atoms with Crippen molar-refractivity contribution in [3.63, 3.8) is 0 Å². The van der Waals surface area contributed by atoms with Crippen LogP contribution >= 0.6 is 11.8 Å². The third-order valence-electron chi connectivity index (χ3n) is 6.35. The van der Waals surface area contributed by atoms with E-state index in [1.165, 1.54) is 39.2 Å². The predicted octanol–water partition coefficient (Wildman–Crippen LogP) is 5.63. The first-order valence-electron chi connectivity index (χ1n) is 13.6. The predicted molar refractivity (Wildman–Crippen MR) is 174 cm³/mol. The number of carbonyl (C=O) groups is 4. The van der Waals surface area contributed by atoms with Gasteiger partial charge in [-0.3, -0.25) is 14.4 Å². The topological polar surface area (TPSA) is 132 Å². The second kappa shape index (κ2) is 15.8. The number of ether oxygens (including phenoxy) is 3. The number of benzene rings is 4. The first-order valence-corrected chi connectivity index (χ1v) is 14.6. The van der Waals surface area contributed by atoms with Gasteiger partial charge in [0.1, 0.15) is 17.2 Å². The van der Waals surface area contributed by atoms with Crippen LogP contribution in [-0.4, -0.2) is 50.8 Å². The summed E-state index contributed by atoms with van der Waals surface area (Å²) in [5, 5.41) is 8.24. The van der Waals surface area contributed by atoms with Crippen LogP contribution in [0.2, 0.25) is 0 Å². The minimum Gasteiger partial charge on any atom is -0.497 e. The van der Waals surface area contributed by atoms with Gasteiger partial charge in [-0.05, 0) is 72.8 Å². The van der Waals surface area contributed by atoms with Crippen LogP contribution in [0.25, 0.3) is 6.08 Å². The summed E-state index contributed by atoms with van der Waals surface area (Å²) < 4.78 is 15.5. The summed E-state index contributed by atoms with van der Waals surface area (Å²) in [6.07, 6.45) is 1.51. The van der Waals surface area contributed by atoms with Gasteiger partial charge >= 0.3 is 5.97 Å². The van der Waals surface area contributed by atoms with Gasteiger partial charge in [0, 0.05) is 21.7 Å². The molecule has 4 rings (SSSR count). The molecule has 0 spiro atoms. The Kier molecular flexibility index (Phi) is 11.4. The second-order valence-corrected chi connectivity index (χ2v) is 10.4. The van der Waals surface area contributed by atoms with Crippen LogP contribution in [0.3, 0.4) is 0 Å². The maximum absolute atomic E-state index is 13.5. The zero-order chi connectivity index (χ0) is 32.2. The maximum atomic E-state index is 13.5. The molecule has 10 nitrogen and oxygen atoms in total. The van der Waals surface area contributed by atoms with Crippen LogP contribution in [0.5, 0.6) is 11.5 Å². The van der Waals surface area contributed by atoms with Crippen molar-refractivity contribution in [3.05, 3.63) is 119 Å². The number of esters is 1. The van der Waals surface area contributed by atoms with Gasteiger partial charge in [-0.15, -0.1) is 11.8 Å². The number of rotatable bonds is 12. The summed E-state index contributed by atoms with van der Waals surface area (Å²) in [5.74, 6) is -0.754. The summed E-state index contributed by atoms with van der Waals surface area (Å²) in [5.41, 5.74) is 1.98. The third kappa shape index (κ3) is 8.97. The minimum atomic E-state index is -0.562. The van der Waals surface area contributed by atoms with E-state index in [9.17, 15) is 19.2 Å². The van der Waals surface area contributed by atoms with E-state index < -0.39 is 17.8 Å². The van der Waals surface area contributed by atoms with Gasteiger partial charge in [0.15, 0.2) is 0 Å². The Labute approximate surface area is 264 Å². The van der Waals surface area contributed by atoms with Crippen LogP contribution in [0.1, 0.15) is 26.3 Å². The summed E-state index contributed by atoms with van der Waals surface area (Å²) in [7, 11) is 4.31. The second-order valence-electron chi connectivity index (χ2n) is 9.34. The number of amides is 3. The van der Waals surface area contributed by atoms with Gasteiger partial charge in [-0.1, -0.05) is 30.3 Å². The highest BCUT2D eigenvalue weighted by molar-refractivity contribution is 8.00. The number of carbonyl (C=O) groups excluding carboxylic acids is 4. The first kappa shape index (κ1) is 32.4. The fraction of sp³-hybridized carbons (Fsp3) is 0.118. The van der Waals surface area contributed by atoms with E-state index in [0.29, 0.717) is 34.0 Å². The molecule has 0 saturated carbocycles. The number of hydrogen-bond acceptors (Lipinski definition) is 8. The molecule has 230 valence electrons. The van der Waals surface area contributed by atoms with Crippen molar-refractivity contribution in [2.45, 2.75) is 4.90 Å². The molecular weight excluding hydrogens is 594 g/mol. The van der Waals surface area contributed by atoms with Gasteiger partial charge in [-0.25, -0.2) is 4.79 Å². The summed E-state index contributed by atoms with van der Waals surface area (Å²) in [6.45, 7) is 0. The molecule has 0 radical (unpaired) electrons. The molecule has 0 atom stereocenters. The first-order chi connectivity index (χ1) is 21.8. The van der Waals surface area contributed by atoms with Crippen molar-refractivity contribution in [2.75, 3.05) is 37.7 Å². The molecular formula is C34H31N3O7S. The molecule has 0 aliphatic rings. The molecule has 0 bridgehead atoms. The molecule has 11 heteroatoms. The summed E-state index contributed by atoms with van der Waals surface area (Å²) in [6, 6.07) is 27.1. The van der Waals surface area contributed by atoms with Crippen LogP contribution in [-0.2, 0) is 14.3 Å². The Morgan fingerprint density at radius 1 is 0.778 bits per heavy atom. The van der Waals surface area contributed by atoms with Crippen molar-refractivity contribution in [3.8, 4) is 11.5 Å². The highest BCUT2D eigenvalue weighted by Gasteiger charge is 2.17. The lowest BCUT2D eigenvalue weighted by Crippen LogP contribution is -2.30.